The molecule has 0 unspecified atom stereocenters. The van der Waals surface area contributed by atoms with Gasteiger partial charge in [0.1, 0.15) is 22.2 Å². The molecule has 0 aliphatic heterocycles. The lowest BCUT2D eigenvalue weighted by molar-refractivity contribution is 0.652. The number of para-hydroxylation sites is 12. The van der Waals surface area contributed by atoms with Crippen molar-refractivity contribution in [2.24, 2.45) is 0 Å². The van der Waals surface area contributed by atoms with Gasteiger partial charge in [-0.1, -0.05) is 218 Å². The highest BCUT2D eigenvalue weighted by Crippen LogP contribution is 2.48. The van der Waals surface area contributed by atoms with Crippen LogP contribution in [0.5, 0.6) is 0 Å². The van der Waals surface area contributed by atoms with E-state index >= 15 is 0 Å². The van der Waals surface area contributed by atoms with Crippen LogP contribution in [0.1, 0.15) is 0 Å². The van der Waals surface area contributed by atoms with E-state index in [9.17, 15) is 0 Å². The molecule has 0 radical (unpaired) electrons. The first-order valence-corrected chi connectivity index (χ1v) is 44.0. The van der Waals surface area contributed by atoms with Crippen molar-refractivity contribution in [2.45, 2.75) is 0 Å². The van der Waals surface area contributed by atoms with Crippen molar-refractivity contribution in [1.29, 1.82) is 0 Å². The summed E-state index contributed by atoms with van der Waals surface area (Å²) in [6.45, 7) is 0. The van der Waals surface area contributed by atoms with Crippen molar-refractivity contribution < 1.29 is 8.83 Å². The molecule has 0 atom stereocenters. The number of fused-ring (bicyclic) bond motifs is 30. The number of rotatable bonds is 8. The summed E-state index contributed by atoms with van der Waals surface area (Å²) in [5, 5.41) is 20.9. The Kier molecular flexibility index (Phi) is 14.6. The maximum atomic E-state index is 6.46. The van der Waals surface area contributed by atoms with Gasteiger partial charge in [0, 0.05) is 120 Å². The van der Waals surface area contributed by atoms with Gasteiger partial charge in [0.2, 0.25) is 11.4 Å². The van der Waals surface area contributed by atoms with Crippen molar-refractivity contribution in [3.63, 3.8) is 0 Å². The number of benzene rings is 18. The summed E-state index contributed by atoms with van der Waals surface area (Å²) in [6, 6.07) is 144. The number of nitrogens with zero attached hydrogens (tertiary/aromatic N) is 12. The first-order chi connectivity index (χ1) is 64.5. The van der Waals surface area contributed by atoms with Crippen molar-refractivity contribution in [3.8, 4) is 45.8 Å². The maximum Gasteiger partial charge on any atom is 0.246 e. The van der Waals surface area contributed by atoms with Crippen LogP contribution in [0.25, 0.3) is 265 Å². The highest BCUT2D eigenvalue weighted by Gasteiger charge is 2.28. The first kappa shape index (κ1) is 70.5. The lowest BCUT2D eigenvalue weighted by Crippen LogP contribution is -1.99. The van der Waals surface area contributed by atoms with Crippen molar-refractivity contribution in [2.75, 3.05) is 0 Å². The standard InChI is InChI=1S/2C58H34N6O/c1-3-15-35(16-4-1)61-47-23-11-7-19-38(47)42-31-53-43(30-51(42)61)40-21-9-13-25-49(40)63(53)37-27-28-55-46(29-37)57-58(65-55)59-34-56(60-57)64-50-26-14-10-22-41(50)45-32-52-44(33-54(45)64)39-20-8-12-24-48(39)62(52)36-17-5-2-6-18-36;1-3-15-35(16-4-1)61-47-23-11-7-19-38(47)42-30-44-40-21-9-13-25-49(40)63(53(44)32-51(42)61)37-27-28-55-46(29-37)57-58(65-55)59-34-56(60-57)64-50-26-14-10-22-41(50)45-31-43-39-20-8-12-24-48(39)62(52(43)33-54(45)64)36-17-5-2-6-18-36/h2*1-34H. The fourth-order valence-corrected chi connectivity index (χ4v) is 21.7. The monoisotopic (exact) mass is 1660 g/mol. The van der Waals surface area contributed by atoms with Crippen LogP contribution in [0.4, 0.5) is 0 Å². The molecule has 0 saturated heterocycles. The van der Waals surface area contributed by atoms with Crippen molar-refractivity contribution in [1.82, 2.24) is 56.5 Å². The highest BCUT2D eigenvalue weighted by atomic mass is 16.3. The van der Waals surface area contributed by atoms with Crippen LogP contribution in [0.15, 0.2) is 422 Å². The number of hydrogen-bond donors (Lipinski definition) is 0. The molecular formula is C116H68N12O2. The zero-order valence-corrected chi connectivity index (χ0v) is 69.4. The van der Waals surface area contributed by atoms with E-state index in [0.29, 0.717) is 11.4 Å². The minimum Gasteiger partial charge on any atom is -0.436 e. The SMILES string of the molecule is c1ccc(-n2c3ccccc3c3cc4c(cc32)c2ccccc2n4-c2ccc3oc4ncc(-n5c6ccccc6c6cc7c(cc65)c5ccccc5n7-c5ccccc5)nc4c3c2)cc1.c1ccc(-n2c3ccccc3c3cc4c5ccccc5n(-c5ccc6oc7ncc(-n8c9ccccc9c9cc%10c%11ccccc%11n(-c%11ccccc%11)c%10cc98)nc7c6c5)c4cc32)cc1. The summed E-state index contributed by atoms with van der Waals surface area (Å²) < 4.78 is 31.7. The summed E-state index contributed by atoms with van der Waals surface area (Å²) in [5.74, 6) is 1.46. The Morgan fingerprint density at radius 1 is 0.154 bits per heavy atom. The van der Waals surface area contributed by atoms with Gasteiger partial charge in [-0.05, 0) is 182 Å². The topological polar surface area (TPSA) is 117 Å². The number of hydrogen-bond acceptors (Lipinski definition) is 6. The Labute approximate surface area is 737 Å². The zero-order chi connectivity index (χ0) is 84.7. The Balaban J connectivity index is 0.000000128. The Morgan fingerprint density at radius 2 is 0.369 bits per heavy atom. The normalized spacial score (nSPS) is 12.3. The average Bonchev–Trinajstić information content (AvgIpc) is 1.56. The van der Waals surface area contributed by atoms with E-state index in [2.05, 4.69) is 437 Å². The molecule has 12 heterocycles. The van der Waals surface area contributed by atoms with Gasteiger partial charge >= 0.3 is 0 Å². The largest absolute Gasteiger partial charge is 0.436 e. The van der Waals surface area contributed by atoms with E-state index in [1.807, 2.05) is 12.4 Å². The molecule has 0 amide bonds. The van der Waals surface area contributed by atoms with E-state index in [-0.39, 0.29) is 0 Å². The molecule has 0 aliphatic rings. The molecule has 0 N–H and O–H groups in total. The third kappa shape index (κ3) is 10.00. The molecule has 0 fully saturated rings. The molecular weight excluding hydrogens is 1590 g/mol. The molecule has 130 heavy (non-hydrogen) atoms. The fraction of sp³-hybridized carbons (Fsp3) is 0. The van der Waals surface area contributed by atoms with Gasteiger partial charge in [-0.15, -0.1) is 0 Å². The predicted molar refractivity (Wildman–Crippen MR) is 533 cm³/mol. The summed E-state index contributed by atoms with van der Waals surface area (Å²) in [4.78, 5) is 20.8. The molecule has 14 nitrogen and oxygen atoms in total. The van der Waals surface area contributed by atoms with Crippen LogP contribution >= 0.6 is 0 Å². The van der Waals surface area contributed by atoms with Gasteiger partial charge in [0.05, 0.1) is 111 Å². The van der Waals surface area contributed by atoms with Crippen LogP contribution < -0.4 is 0 Å². The molecule has 0 bridgehead atoms. The Hall–Kier alpha value is -17.9. The van der Waals surface area contributed by atoms with Gasteiger partial charge < -0.3 is 36.2 Å². The van der Waals surface area contributed by atoms with Crippen LogP contribution in [0.2, 0.25) is 0 Å². The van der Waals surface area contributed by atoms with Crippen LogP contribution in [-0.2, 0) is 0 Å². The number of furan rings is 2. The van der Waals surface area contributed by atoms with Crippen molar-refractivity contribution >= 4 is 219 Å². The highest BCUT2D eigenvalue weighted by molar-refractivity contribution is 6.25. The van der Waals surface area contributed by atoms with E-state index in [0.717, 1.165) is 161 Å². The predicted octanol–water partition coefficient (Wildman–Crippen LogP) is 29.5. The van der Waals surface area contributed by atoms with E-state index in [1.54, 1.807) is 0 Å². The molecule has 0 aliphatic carbocycles. The molecule has 0 spiro atoms. The van der Waals surface area contributed by atoms with Crippen LogP contribution in [0, 0.1) is 0 Å². The summed E-state index contributed by atoms with van der Waals surface area (Å²) in [6.07, 6.45) is 3.69. The molecule has 12 aromatic heterocycles. The molecule has 14 heteroatoms. The summed E-state index contributed by atoms with van der Waals surface area (Å²) in [7, 11) is 0. The maximum absolute atomic E-state index is 6.46. The fourth-order valence-electron chi connectivity index (χ4n) is 21.7. The second-order valence-electron chi connectivity index (χ2n) is 34.0. The van der Waals surface area contributed by atoms with Gasteiger partial charge in [0.25, 0.3) is 0 Å². The Morgan fingerprint density at radius 3 is 0.646 bits per heavy atom. The molecule has 18 aromatic carbocycles. The third-order valence-corrected chi connectivity index (χ3v) is 27.2. The second kappa shape index (κ2) is 26.8. The van der Waals surface area contributed by atoms with Gasteiger partial charge in [0.15, 0.2) is 11.6 Å². The quantitative estimate of drug-likeness (QED) is 0.150. The van der Waals surface area contributed by atoms with Crippen molar-refractivity contribution in [3.05, 3.63) is 413 Å². The average molecular weight is 1660 g/mol. The van der Waals surface area contributed by atoms with E-state index in [1.165, 1.54) is 92.2 Å². The van der Waals surface area contributed by atoms with E-state index in [4.69, 9.17) is 28.8 Å². The summed E-state index contributed by atoms with van der Waals surface area (Å²) in [5.41, 5.74) is 28.7. The first-order valence-electron chi connectivity index (χ1n) is 44.0. The molecule has 0 saturated carbocycles. The smallest absolute Gasteiger partial charge is 0.246 e. The Bertz CT molecular complexity index is 9520. The second-order valence-corrected chi connectivity index (χ2v) is 34.0. The van der Waals surface area contributed by atoms with Gasteiger partial charge in [-0.3, -0.25) is 9.13 Å². The molecule has 30 aromatic rings. The zero-order valence-electron chi connectivity index (χ0n) is 69.4. The van der Waals surface area contributed by atoms with Crippen LogP contribution in [-0.4, -0.2) is 56.5 Å². The molecule has 604 valence electrons. The van der Waals surface area contributed by atoms with Gasteiger partial charge in [-0.2, -0.15) is 0 Å². The summed E-state index contributed by atoms with van der Waals surface area (Å²) >= 11 is 0. The lowest BCUT2D eigenvalue weighted by atomic mass is 10.1. The van der Waals surface area contributed by atoms with Gasteiger partial charge in [-0.25, -0.2) is 19.9 Å². The molecule has 30 rings (SSSR count). The lowest BCUT2D eigenvalue weighted by Gasteiger charge is -2.10. The van der Waals surface area contributed by atoms with Crippen LogP contribution in [0.3, 0.4) is 0 Å². The minimum absolute atomic E-state index is 0.504. The number of aromatic nitrogens is 12. The van der Waals surface area contributed by atoms with E-state index < -0.39 is 0 Å². The third-order valence-electron chi connectivity index (χ3n) is 27.2. The minimum atomic E-state index is 0.504.